The number of benzene rings is 1. The van der Waals surface area contributed by atoms with Crippen LogP contribution in [0.25, 0.3) is 0 Å². The Morgan fingerprint density at radius 3 is 2.74 bits per heavy atom. The Kier molecular flexibility index (Phi) is 4.85. The number of halogens is 2. The van der Waals surface area contributed by atoms with E-state index >= 15 is 0 Å². The molecule has 1 atom stereocenters. The summed E-state index contributed by atoms with van der Waals surface area (Å²) in [5, 5.41) is 3.20. The van der Waals surface area contributed by atoms with Crippen molar-refractivity contribution >= 4 is 0 Å². The second-order valence-electron chi connectivity index (χ2n) is 4.96. The summed E-state index contributed by atoms with van der Waals surface area (Å²) in [5.74, 6) is -2.84. The minimum absolute atomic E-state index is 0.00896. The second-order valence-corrected chi connectivity index (χ2v) is 4.96. The van der Waals surface area contributed by atoms with Gasteiger partial charge in [-0.2, -0.15) is 8.78 Å². The van der Waals surface area contributed by atoms with Crippen LogP contribution < -0.4 is 5.32 Å². The van der Waals surface area contributed by atoms with Crippen molar-refractivity contribution in [3.8, 4) is 0 Å². The molecule has 1 unspecified atom stereocenters. The second kappa shape index (κ2) is 6.41. The summed E-state index contributed by atoms with van der Waals surface area (Å²) in [5.41, 5.74) is 0.0598. The molecule has 0 bridgehead atoms. The van der Waals surface area contributed by atoms with Crippen LogP contribution in [0.3, 0.4) is 0 Å². The smallest absolute Gasteiger partial charge is 0.285 e. The van der Waals surface area contributed by atoms with Crippen LogP contribution in [-0.4, -0.2) is 50.8 Å². The molecule has 0 amide bonds. The number of alkyl halides is 2. The van der Waals surface area contributed by atoms with Gasteiger partial charge in [0.15, 0.2) is 0 Å². The van der Waals surface area contributed by atoms with Crippen LogP contribution in [0.15, 0.2) is 30.3 Å². The Hall–Kier alpha value is -1.04. The van der Waals surface area contributed by atoms with E-state index in [1.54, 1.807) is 30.1 Å². The van der Waals surface area contributed by atoms with Gasteiger partial charge in [-0.05, 0) is 7.05 Å². The van der Waals surface area contributed by atoms with Gasteiger partial charge < -0.3 is 10.1 Å². The molecule has 3 nitrogen and oxygen atoms in total. The highest BCUT2D eigenvalue weighted by Gasteiger charge is 2.33. The van der Waals surface area contributed by atoms with Crippen LogP contribution in [0.5, 0.6) is 0 Å². The monoisotopic (exact) mass is 270 g/mol. The zero-order valence-electron chi connectivity index (χ0n) is 11.1. The summed E-state index contributed by atoms with van der Waals surface area (Å²) in [4.78, 5) is 1.63. The lowest BCUT2D eigenvalue weighted by molar-refractivity contribution is -0.0502. The zero-order chi connectivity index (χ0) is 13.7. The lowest BCUT2D eigenvalue weighted by Crippen LogP contribution is -2.46. The third-order valence-corrected chi connectivity index (χ3v) is 3.18. The van der Waals surface area contributed by atoms with E-state index in [0.717, 1.165) is 13.1 Å². The van der Waals surface area contributed by atoms with E-state index in [0.29, 0.717) is 13.2 Å². The van der Waals surface area contributed by atoms with Crippen molar-refractivity contribution in [2.24, 2.45) is 0 Å². The van der Waals surface area contributed by atoms with E-state index in [-0.39, 0.29) is 18.2 Å². The van der Waals surface area contributed by atoms with Crippen LogP contribution in [-0.2, 0) is 10.7 Å². The zero-order valence-corrected chi connectivity index (χ0v) is 11.1. The van der Waals surface area contributed by atoms with Gasteiger partial charge in [-0.25, -0.2) is 0 Å². The molecule has 2 rings (SSSR count). The molecule has 1 N–H and O–H groups in total. The van der Waals surface area contributed by atoms with Gasteiger partial charge >= 0.3 is 0 Å². The number of morpholine rings is 1. The van der Waals surface area contributed by atoms with E-state index < -0.39 is 5.92 Å². The molecule has 0 radical (unpaired) electrons. The molecule has 1 fully saturated rings. The number of rotatable bonds is 5. The highest BCUT2D eigenvalue weighted by Crippen LogP contribution is 2.28. The summed E-state index contributed by atoms with van der Waals surface area (Å²) >= 11 is 0. The number of nitrogens with one attached hydrogen (secondary N) is 1. The average Bonchev–Trinajstić information content (AvgIpc) is 2.40. The van der Waals surface area contributed by atoms with Gasteiger partial charge in [0, 0.05) is 25.2 Å². The van der Waals surface area contributed by atoms with E-state index in [1.165, 1.54) is 12.1 Å². The summed E-state index contributed by atoms with van der Waals surface area (Å²) in [7, 11) is 1.70. The van der Waals surface area contributed by atoms with Gasteiger partial charge in [0.05, 0.1) is 19.3 Å². The normalized spacial score (nSPS) is 20.7. The van der Waals surface area contributed by atoms with Crippen molar-refractivity contribution in [2.45, 2.75) is 12.0 Å². The first-order chi connectivity index (χ1) is 9.08. The predicted octanol–water partition coefficient (Wildman–Crippen LogP) is 1.70. The predicted molar refractivity (Wildman–Crippen MR) is 70.4 cm³/mol. The lowest BCUT2D eigenvalue weighted by Gasteiger charge is -2.30. The SMILES string of the molecule is CN(CC1CNCCO1)CC(F)(F)c1ccccc1. The minimum atomic E-state index is -2.84. The molecule has 1 heterocycles. The van der Waals surface area contributed by atoms with Crippen molar-refractivity contribution in [3.05, 3.63) is 35.9 Å². The Balaban J connectivity index is 1.88. The molecule has 1 aliphatic rings. The molecule has 106 valence electrons. The molecule has 19 heavy (non-hydrogen) atoms. The molecule has 0 aromatic heterocycles. The fourth-order valence-electron chi connectivity index (χ4n) is 2.26. The largest absolute Gasteiger partial charge is 0.374 e. The minimum Gasteiger partial charge on any atom is -0.374 e. The molecule has 1 saturated heterocycles. The van der Waals surface area contributed by atoms with Crippen molar-refractivity contribution in [3.63, 3.8) is 0 Å². The lowest BCUT2D eigenvalue weighted by atomic mass is 10.1. The maximum atomic E-state index is 14.1. The van der Waals surface area contributed by atoms with Crippen molar-refractivity contribution in [1.29, 1.82) is 0 Å². The highest BCUT2D eigenvalue weighted by molar-refractivity contribution is 5.20. The first-order valence-electron chi connectivity index (χ1n) is 6.52. The topological polar surface area (TPSA) is 24.5 Å². The van der Waals surface area contributed by atoms with Gasteiger partial charge in [-0.1, -0.05) is 30.3 Å². The van der Waals surface area contributed by atoms with Gasteiger partial charge in [-0.15, -0.1) is 0 Å². The molecule has 1 aromatic carbocycles. The van der Waals surface area contributed by atoms with Gasteiger partial charge in [-0.3, -0.25) is 4.90 Å². The highest BCUT2D eigenvalue weighted by atomic mass is 19.3. The first-order valence-corrected chi connectivity index (χ1v) is 6.52. The molecule has 0 aliphatic carbocycles. The molecule has 0 spiro atoms. The number of hydrogen-bond donors (Lipinski definition) is 1. The summed E-state index contributed by atoms with van der Waals surface area (Å²) < 4.78 is 33.6. The summed E-state index contributed by atoms with van der Waals surface area (Å²) in [6, 6.07) is 7.94. The third kappa shape index (κ3) is 4.23. The number of nitrogens with zero attached hydrogens (tertiary/aromatic N) is 1. The summed E-state index contributed by atoms with van der Waals surface area (Å²) in [6.45, 7) is 2.42. The van der Waals surface area contributed by atoms with E-state index in [1.807, 2.05) is 0 Å². The Morgan fingerprint density at radius 2 is 2.11 bits per heavy atom. The molecule has 5 heteroatoms. The van der Waals surface area contributed by atoms with Gasteiger partial charge in [0.1, 0.15) is 0 Å². The van der Waals surface area contributed by atoms with Crippen LogP contribution in [0, 0.1) is 0 Å². The molecule has 1 aliphatic heterocycles. The maximum absolute atomic E-state index is 14.1. The van der Waals surface area contributed by atoms with Crippen LogP contribution in [0.1, 0.15) is 5.56 Å². The van der Waals surface area contributed by atoms with Crippen molar-refractivity contribution < 1.29 is 13.5 Å². The number of likely N-dealkylation sites (N-methyl/N-ethyl adjacent to an activating group) is 1. The van der Waals surface area contributed by atoms with Crippen LogP contribution in [0.4, 0.5) is 8.78 Å². The van der Waals surface area contributed by atoms with Gasteiger partial charge in [0.25, 0.3) is 5.92 Å². The summed E-state index contributed by atoms with van der Waals surface area (Å²) in [6.07, 6.45) is -0.00896. The fraction of sp³-hybridized carbons (Fsp3) is 0.571. The molecular formula is C14H20F2N2O. The maximum Gasteiger partial charge on any atom is 0.285 e. The average molecular weight is 270 g/mol. The number of ether oxygens (including phenoxy) is 1. The van der Waals surface area contributed by atoms with Crippen LogP contribution in [0.2, 0.25) is 0 Å². The quantitative estimate of drug-likeness (QED) is 0.881. The Labute approximate surface area is 112 Å². The van der Waals surface area contributed by atoms with Crippen LogP contribution >= 0.6 is 0 Å². The Bertz CT molecular complexity index is 380. The number of hydrogen-bond acceptors (Lipinski definition) is 3. The van der Waals surface area contributed by atoms with Crippen molar-refractivity contribution in [1.82, 2.24) is 10.2 Å². The molecular weight excluding hydrogens is 250 g/mol. The fourth-order valence-corrected chi connectivity index (χ4v) is 2.26. The molecule has 0 saturated carbocycles. The van der Waals surface area contributed by atoms with Gasteiger partial charge in [0.2, 0.25) is 0 Å². The van der Waals surface area contributed by atoms with E-state index in [4.69, 9.17) is 4.74 Å². The van der Waals surface area contributed by atoms with E-state index in [9.17, 15) is 8.78 Å². The van der Waals surface area contributed by atoms with Crippen molar-refractivity contribution in [2.75, 3.05) is 39.8 Å². The van der Waals surface area contributed by atoms with E-state index in [2.05, 4.69) is 5.32 Å². The molecule has 1 aromatic rings. The first kappa shape index (κ1) is 14.4. The standard InChI is InChI=1S/C14H20F2N2O/c1-18(10-13-9-17-7-8-19-13)11-14(15,16)12-5-3-2-4-6-12/h2-6,13,17H,7-11H2,1H3. The third-order valence-electron chi connectivity index (χ3n) is 3.18. The Morgan fingerprint density at radius 1 is 1.37 bits per heavy atom.